The van der Waals surface area contributed by atoms with Crippen molar-refractivity contribution in [2.24, 2.45) is 0 Å². The minimum absolute atomic E-state index is 0.119. The molecule has 180 valence electrons. The summed E-state index contributed by atoms with van der Waals surface area (Å²) in [5.74, 6) is 0.156. The quantitative estimate of drug-likeness (QED) is 0.255. The highest BCUT2D eigenvalue weighted by atomic mass is 32.1. The normalized spacial score (nSPS) is 11.8. The molecule has 0 fully saturated rings. The zero-order chi connectivity index (χ0) is 25.4. The van der Waals surface area contributed by atoms with Crippen LogP contribution in [0.3, 0.4) is 0 Å². The van der Waals surface area contributed by atoms with E-state index in [2.05, 4.69) is 15.2 Å². The van der Waals surface area contributed by atoms with Crippen LogP contribution in [0.5, 0.6) is 5.75 Å². The summed E-state index contributed by atoms with van der Waals surface area (Å²) < 4.78 is 8.41. The first-order valence-corrected chi connectivity index (χ1v) is 11.7. The molecule has 0 spiro atoms. The van der Waals surface area contributed by atoms with E-state index in [-0.39, 0.29) is 33.2 Å². The third-order valence-corrected chi connectivity index (χ3v) is 6.28. The Kier molecular flexibility index (Phi) is 5.86. The second kappa shape index (κ2) is 9.15. The van der Waals surface area contributed by atoms with Gasteiger partial charge in [-0.2, -0.15) is 19.7 Å². The number of thiazole rings is 1. The number of rotatable bonds is 6. The smallest absolute Gasteiger partial charge is 0.311 e. The maximum atomic E-state index is 13.0. The maximum absolute atomic E-state index is 13.0. The molecule has 0 bridgehead atoms. The number of nitro groups is 1. The third-order valence-electron chi connectivity index (χ3n) is 5.32. The summed E-state index contributed by atoms with van der Waals surface area (Å²) in [5, 5.41) is 20.4. The SMILES string of the molecule is CCOc1ccc(-c2nn(-c3ccccc3)cc2/C=c2\sc3nc(=O)c(C)nn3c2=O)cc1[N+](=O)[O-]. The van der Waals surface area contributed by atoms with Crippen LogP contribution in [0.4, 0.5) is 5.69 Å². The van der Waals surface area contributed by atoms with Gasteiger partial charge in [-0.15, -0.1) is 0 Å². The predicted octanol–water partition coefficient (Wildman–Crippen LogP) is 2.53. The Morgan fingerprint density at radius 2 is 1.92 bits per heavy atom. The summed E-state index contributed by atoms with van der Waals surface area (Å²) in [6.07, 6.45) is 3.35. The van der Waals surface area contributed by atoms with Gasteiger partial charge in [0.1, 0.15) is 11.4 Å². The highest BCUT2D eigenvalue weighted by Gasteiger charge is 2.20. The molecule has 3 heterocycles. The van der Waals surface area contributed by atoms with Crippen molar-refractivity contribution in [2.45, 2.75) is 13.8 Å². The second-order valence-corrected chi connectivity index (χ2v) is 8.71. The van der Waals surface area contributed by atoms with E-state index in [0.29, 0.717) is 16.8 Å². The minimum atomic E-state index is -0.509. The van der Waals surface area contributed by atoms with Crippen LogP contribution in [0.1, 0.15) is 18.2 Å². The molecule has 0 amide bonds. The van der Waals surface area contributed by atoms with Crippen molar-refractivity contribution in [1.82, 2.24) is 24.4 Å². The van der Waals surface area contributed by atoms with Gasteiger partial charge in [-0.25, -0.2) is 4.68 Å². The fraction of sp³-hybridized carbons (Fsp3) is 0.125. The third kappa shape index (κ3) is 4.14. The number of hydrogen-bond donors (Lipinski definition) is 0. The molecule has 11 nitrogen and oxygen atoms in total. The van der Waals surface area contributed by atoms with Crippen LogP contribution < -0.4 is 20.4 Å². The number of nitro benzene ring substituents is 1. The lowest BCUT2D eigenvalue weighted by Crippen LogP contribution is -2.27. The van der Waals surface area contributed by atoms with Gasteiger partial charge in [-0.05, 0) is 44.2 Å². The fourth-order valence-electron chi connectivity index (χ4n) is 3.64. The topological polar surface area (TPSA) is 135 Å². The van der Waals surface area contributed by atoms with Crippen molar-refractivity contribution in [3.63, 3.8) is 0 Å². The zero-order valence-corrected chi connectivity index (χ0v) is 19.9. The van der Waals surface area contributed by atoms with Crippen LogP contribution in [0.25, 0.3) is 28.0 Å². The van der Waals surface area contributed by atoms with E-state index in [9.17, 15) is 19.7 Å². The lowest BCUT2D eigenvalue weighted by Gasteiger charge is -2.06. The summed E-state index contributed by atoms with van der Waals surface area (Å²) in [4.78, 5) is 40.2. The van der Waals surface area contributed by atoms with Gasteiger partial charge in [0.05, 0.1) is 21.7 Å². The lowest BCUT2D eigenvalue weighted by molar-refractivity contribution is -0.385. The van der Waals surface area contributed by atoms with E-state index in [0.717, 1.165) is 21.5 Å². The van der Waals surface area contributed by atoms with Crippen molar-refractivity contribution in [3.8, 4) is 22.7 Å². The fourth-order valence-corrected chi connectivity index (χ4v) is 4.54. The largest absolute Gasteiger partial charge is 0.487 e. The molecule has 0 aliphatic carbocycles. The second-order valence-electron chi connectivity index (χ2n) is 7.70. The molecule has 2 aromatic carbocycles. The Balaban J connectivity index is 1.74. The first-order valence-electron chi connectivity index (χ1n) is 10.8. The van der Waals surface area contributed by atoms with E-state index in [1.807, 2.05) is 30.3 Å². The molecule has 5 aromatic rings. The van der Waals surface area contributed by atoms with Crippen molar-refractivity contribution in [2.75, 3.05) is 6.61 Å². The number of aromatic nitrogens is 5. The number of aryl methyl sites for hydroxylation is 1. The number of benzene rings is 2. The highest BCUT2D eigenvalue weighted by Crippen LogP contribution is 2.33. The van der Waals surface area contributed by atoms with E-state index in [1.54, 1.807) is 29.9 Å². The van der Waals surface area contributed by atoms with Gasteiger partial charge in [0, 0.05) is 23.4 Å². The Bertz CT molecular complexity index is 1790. The molecular weight excluding hydrogens is 484 g/mol. The van der Waals surface area contributed by atoms with Crippen LogP contribution in [-0.2, 0) is 0 Å². The lowest BCUT2D eigenvalue weighted by atomic mass is 10.1. The van der Waals surface area contributed by atoms with Gasteiger partial charge in [-0.3, -0.25) is 19.7 Å². The summed E-state index contributed by atoms with van der Waals surface area (Å²) in [7, 11) is 0. The van der Waals surface area contributed by atoms with Crippen LogP contribution in [0.15, 0.2) is 64.3 Å². The number of ether oxygens (including phenoxy) is 1. The predicted molar refractivity (Wildman–Crippen MR) is 134 cm³/mol. The molecular formula is C24H18N6O5S. The van der Waals surface area contributed by atoms with Gasteiger partial charge >= 0.3 is 5.69 Å². The Labute approximate surface area is 206 Å². The number of fused-ring (bicyclic) bond motifs is 1. The average Bonchev–Trinajstić information content (AvgIpc) is 3.42. The summed E-state index contributed by atoms with van der Waals surface area (Å²) in [6, 6.07) is 13.9. The number of para-hydroxylation sites is 1. The summed E-state index contributed by atoms with van der Waals surface area (Å²) in [5.41, 5.74) is 1.21. The van der Waals surface area contributed by atoms with Crippen LogP contribution in [0.2, 0.25) is 0 Å². The van der Waals surface area contributed by atoms with E-state index < -0.39 is 16.0 Å². The Hall–Kier alpha value is -4.71. The summed E-state index contributed by atoms with van der Waals surface area (Å²) in [6.45, 7) is 3.52. The van der Waals surface area contributed by atoms with E-state index in [4.69, 9.17) is 4.74 Å². The van der Waals surface area contributed by atoms with Crippen molar-refractivity contribution in [1.29, 1.82) is 0 Å². The van der Waals surface area contributed by atoms with Gasteiger partial charge in [0.15, 0.2) is 5.75 Å². The monoisotopic (exact) mass is 502 g/mol. The Morgan fingerprint density at radius 3 is 2.64 bits per heavy atom. The molecule has 0 aliphatic heterocycles. The molecule has 0 N–H and O–H groups in total. The van der Waals surface area contributed by atoms with Crippen LogP contribution in [0, 0.1) is 17.0 Å². The molecule has 0 aliphatic rings. The molecule has 0 saturated heterocycles. The van der Waals surface area contributed by atoms with Gasteiger partial charge < -0.3 is 4.74 Å². The van der Waals surface area contributed by atoms with Crippen molar-refractivity contribution >= 4 is 28.1 Å². The minimum Gasteiger partial charge on any atom is -0.487 e. The molecule has 5 rings (SSSR count). The number of hydrogen-bond acceptors (Lipinski definition) is 9. The molecule has 12 heteroatoms. The average molecular weight is 503 g/mol. The van der Waals surface area contributed by atoms with E-state index in [1.165, 1.54) is 19.1 Å². The standard InChI is InChI=1S/C24H18N6O5S/c1-3-35-19-10-9-15(11-18(19)30(33)34)21-16(13-28(27-21)17-7-5-4-6-8-17)12-20-23(32)29-24(36-20)25-22(31)14(2)26-29/h4-13H,3H2,1-2H3/b20-12-. The van der Waals surface area contributed by atoms with Gasteiger partial charge in [-0.1, -0.05) is 29.5 Å². The van der Waals surface area contributed by atoms with Crippen LogP contribution in [-0.4, -0.2) is 35.9 Å². The van der Waals surface area contributed by atoms with E-state index >= 15 is 0 Å². The molecule has 0 unspecified atom stereocenters. The Morgan fingerprint density at radius 1 is 1.14 bits per heavy atom. The number of nitrogens with zero attached hydrogens (tertiary/aromatic N) is 6. The summed E-state index contributed by atoms with van der Waals surface area (Å²) >= 11 is 1.02. The highest BCUT2D eigenvalue weighted by molar-refractivity contribution is 7.15. The first-order chi connectivity index (χ1) is 17.4. The molecule has 0 atom stereocenters. The van der Waals surface area contributed by atoms with Gasteiger partial charge in [0.25, 0.3) is 11.1 Å². The zero-order valence-electron chi connectivity index (χ0n) is 19.1. The molecule has 0 saturated carbocycles. The first kappa shape index (κ1) is 23.1. The molecule has 3 aromatic heterocycles. The maximum Gasteiger partial charge on any atom is 0.311 e. The molecule has 36 heavy (non-hydrogen) atoms. The van der Waals surface area contributed by atoms with Crippen LogP contribution >= 0.6 is 11.3 Å². The van der Waals surface area contributed by atoms with Gasteiger partial charge in [0.2, 0.25) is 4.96 Å². The van der Waals surface area contributed by atoms with Crippen molar-refractivity contribution in [3.05, 3.63) is 101 Å². The molecule has 0 radical (unpaired) electrons. The van der Waals surface area contributed by atoms with Crippen molar-refractivity contribution < 1.29 is 9.66 Å².